The van der Waals surface area contributed by atoms with Crippen LogP contribution in [0.1, 0.15) is 90.9 Å². The molecular weight excluding hydrogens is 707 g/mol. The van der Waals surface area contributed by atoms with Gasteiger partial charge in [0, 0.05) is 23.1 Å². The molecule has 0 aromatic heterocycles. The van der Waals surface area contributed by atoms with E-state index in [4.69, 9.17) is 4.74 Å². The predicted molar refractivity (Wildman–Crippen MR) is 228 cm³/mol. The lowest BCUT2D eigenvalue weighted by atomic mass is 9.64. The van der Waals surface area contributed by atoms with E-state index in [2.05, 4.69) is 44.2 Å². The maximum absolute atomic E-state index is 14.5. The zero-order valence-corrected chi connectivity index (χ0v) is 32.9. The number of rotatable bonds is 7. The first-order valence-electron chi connectivity index (χ1n) is 20.3. The number of hydrogen-bond donors (Lipinski definition) is 2. The molecule has 0 unspecified atom stereocenters. The molecule has 6 nitrogen and oxygen atoms in total. The lowest BCUT2D eigenvalue weighted by Crippen LogP contribution is -2.54. The van der Waals surface area contributed by atoms with Crippen molar-refractivity contribution in [3.8, 4) is 5.75 Å². The summed E-state index contributed by atoms with van der Waals surface area (Å²) in [5, 5.41) is 28.4. The molecule has 0 radical (unpaired) electrons. The standard InChI is InChI=1S/C51H51NO5/c1-35-12-11-28-50(2)47(45-26-22-36(30-42(53)24-21-35)31-46(45)48(54)39-15-4-3-5-16-39)27-29-51(50,56)34-52(33-41-19-10-18-38-14-8-9-20-44(38)41)49(55)57-43-25-23-37-13-6-7-17-40(37)32-43/h3-10,12-20,22-23,25-26,31-32,42,47,53,56H,11,21,24,27-30,33-34H2,1-2H3/t42-,47-,50-,51+/m0/s1. The van der Waals surface area contributed by atoms with Gasteiger partial charge in [0.05, 0.1) is 18.2 Å². The molecule has 57 heavy (non-hydrogen) atoms. The average molecular weight is 758 g/mol. The van der Waals surface area contributed by atoms with Gasteiger partial charge in [0.1, 0.15) is 5.75 Å². The number of aliphatic hydroxyl groups is 2. The maximum Gasteiger partial charge on any atom is 0.415 e. The van der Waals surface area contributed by atoms with Crippen molar-refractivity contribution in [3.63, 3.8) is 0 Å². The summed E-state index contributed by atoms with van der Waals surface area (Å²) in [6.45, 7) is 4.55. The molecule has 1 saturated carbocycles. The molecule has 0 saturated heterocycles. The second-order valence-electron chi connectivity index (χ2n) is 16.5. The summed E-state index contributed by atoms with van der Waals surface area (Å²) < 4.78 is 6.17. The SMILES string of the molecule is CC1=CCC[C@@]2(C)[C@@H](CC[C@@]2(O)CN(Cc2cccc3ccccc23)C(=O)Oc2ccc3ccccc3c2)c2ccc(cc2C(=O)c2ccccc2)C[C@@H](O)CC1. The summed E-state index contributed by atoms with van der Waals surface area (Å²) in [4.78, 5) is 30.6. The van der Waals surface area contributed by atoms with Crippen molar-refractivity contribution in [1.29, 1.82) is 0 Å². The molecular formula is C51H51NO5. The van der Waals surface area contributed by atoms with E-state index >= 15 is 0 Å². The highest BCUT2D eigenvalue weighted by atomic mass is 16.6. The number of carbonyl (C=O) groups excluding carboxylic acids is 2. The third-order valence-electron chi connectivity index (χ3n) is 12.8. The first-order chi connectivity index (χ1) is 27.6. The van der Waals surface area contributed by atoms with Gasteiger partial charge in [-0.2, -0.15) is 0 Å². The Morgan fingerprint density at radius 3 is 2.35 bits per heavy atom. The molecule has 0 heterocycles. The molecule has 6 heteroatoms. The van der Waals surface area contributed by atoms with Crippen LogP contribution in [0.25, 0.3) is 21.5 Å². The maximum atomic E-state index is 14.5. The lowest BCUT2D eigenvalue weighted by molar-refractivity contribution is -0.0801. The summed E-state index contributed by atoms with van der Waals surface area (Å²) in [6.07, 6.45) is 5.44. The van der Waals surface area contributed by atoms with E-state index in [9.17, 15) is 19.8 Å². The van der Waals surface area contributed by atoms with Gasteiger partial charge in [-0.05, 0) is 114 Å². The smallest absolute Gasteiger partial charge is 0.410 e. The minimum Gasteiger partial charge on any atom is -0.410 e. The van der Waals surface area contributed by atoms with Gasteiger partial charge in [0.25, 0.3) is 0 Å². The summed E-state index contributed by atoms with van der Waals surface area (Å²) in [5.74, 6) is 0.188. The summed E-state index contributed by atoms with van der Waals surface area (Å²) in [6, 6.07) is 43.3. The molecule has 2 N–H and O–H groups in total. The van der Waals surface area contributed by atoms with E-state index in [-0.39, 0.29) is 24.8 Å². The third-order valence-corrected chi connectivity index (χ3v) is 12.8. The second-order valence-corrected chi connectivity index (χ2v) is 16.5. The normalized spacial score (nSPS) is 22.4. The van der Waals surface area contributed by atoms with Crippen LogP contribution in [0.15, 0.2) is 145 Å². The summed E-state index contributed by atoms with van der Waals surface area (Å²) >= 11 is 0. The number of amides is 1. The van der Waals surface area contributed by atoms with E-state index in [0.717, 1.165) is 44.7 Å². The van der Waals surface area contributed by atoms with Crippen molar-refractivity contribution in [2.75, 3.05) is 6.54 Å². The van der Waals surface area contributed by atoms with Crippen molar-refractivity contribution in [2.45, 2.75) is 83.0 Å². The van der Waals surface area contributed by atoms with Crippen LogP contribution in [0.4, 0.5) is 4.79 Å². The van der Waals surface area contributed by atoms with Crippen LogP contribution in [-0.2, 0) is 13.0 Å². The molecule has 4 atom stereocenters. The first kappa shape index (κ1) is 38.3. The van der Waals surface area contributed by atoms with E-state index in [1.807, 2.05) is 109 Å². The van der Waals surface area contributed by atoms with Gasteiger partial charge < -0.3 is 19.8 Å². The van der Waals surface area contributed by atoms with Crippen molar-refractivity contribution < 1.29 is 24.5 Å². The van der Waals surface area contributed by atoms with Crippen LogP contribution in [-0.4, -0.2) is 45.2 Å². The number of hydrogen-bond acceptors (Lipinski definition) is 5. The molecule has 1 fully saturated rings. The van der Waals surface area contributed by atoms with Crippen molar-refractivity contribution in [3.05, 3.63) is 173 Å². The number of aliphatic hydroxyl groups excluding tert-OH is 1. The minimum atomic E-state index is -1.33. The highest BCUT2D eigenvalue weighted by molar-refractivity contribution is 6.10. The Labute approximate surface area is 335 Å². The molecule has 9 rings (SSSR count). The number of ether oxygens (including phenoxy) is 1. The molecule has 0 spiro atoms. The topological polar surface area (TPSA) is 87.1 Å². The Hall–Kier alpha value is -5.56. The Morgan fingerprint density at radius 2 is 1.53 bits per heavy atom. The Bertz CT molecular complexity index is 2450. The molecule has 2 bridgehead atoms. The monoisotopic (exact) mass is 757 g/mol. The molecule has 3 aliphatic rings. The van der Waals surface area contributed by atoms with Crippen molar-refractivity contribution in [1.82, 2.24) is 4.90 Å². The van der Waals surface area contributed by atoms with E-state index in [1.165, 1.54) is 5.57 Å². The van der Waals surface area contributed by atoms with E-state index in [1.54, 1.807) is 4.90 Å². The Kier molecular flexibility index (Phi) is 10.8. The highest BCUT2D eigenvalue weighted by Gasteiger charge is 2.58. The number of carbonyl (C=O) groups is 2. The van der Waals surface area contributed by atoms with Crippen molar-refractivity contribution in [2.24, 2.45) is 5.41 Å². The largest absolute Gasteiger partial charge is 0.415 e. The zero-order valence-electron chi connectivity index (χ0n) is 32.9. The van der Waals surface area contributed by atoms with E-state index in [0.29, 0.717) is 55.4 Å². The van der Waals surface area contributed by atoms with Gasteiger partial charge >= 0.3 is 6.09 Å². The van der Waals surface area contributed by atoms with Crippen LogP contribution in [0.5, 0.6) is 5.75 Å². The fourth-order valence-electron chi connectivity index (χ4n) is 9.47. The number of nitrogens with zero attached hydrogens (tertiary/aromatic N) is 1. The van der Waals surface area contributed by atoms with Gasteiger partial charge in [-0.3, -0.25) is 4.79 Å². The second kappa shape index (κ2) is 16.1. The molecule has 290 valence electrons. The minimum absolute atomic E-state index is 0.0462. The summed E-state index contributed by atoms with van der Waals surface area (Å²) in [7, 11) is 0. The molecule has 0 aliphatic heterocycles. The quantitative estimate of drug-likeness (QED) is 0.125. The Morgan fingerprint density at radius 1 is 0.789 bits per heavy atom. The third kappa shape index (κ3) is 7.89. The molecule has 6 aromatic rings. The summed E-state index contributed by atoms with van der Waals surface area (Å²) in [5.41, 5.74) is 3.13. The molecule has 1 amide bonds. The number of ketones is 1. The van der Waals surface area contributed by atoms with Gasteiger partial charge in [-0.25, -0.2) is 4.79 Å². The fraction of sp³-hybridized carbons (Fsp3) is 0.294. The fourth-order valence-corrected chi connectivity index (χ4v) is 9.47. The highest BCUT2D eigenvalue weighted by Crippen LogP contribution is 2.59. The average Bonchev–Trinajstić information content (AvgIpc) is 3.48. The Balaban J connectivity index is 1.20. The van der Waals surface area contributed by atoms with Crippen LogP contribution in [0.3, 0.4) is 0 Å². The number of allylic oxidation sites excluding steroid dienone is 2. The molecule has 6 aromatic carbocycles. The van der Waals surface area contributed by atoms with Crippen LogP contribution < -0.4 is 4.74 Å². The zero-order chi connectivity index (χ0) is 39.6. The van der Waals surface area contributed by atoms with Gasteiger partial charge in [0.15, 0.2) is 5.78 Å². The van der Waals surface area contributed by atoms with Crippen LogP contribution in [0.2, 0.25) is 0 Å². The van der Waals surface area contributed by atoms with Crippen molar-refractivity contribution >= 4 is 33.4 Å². The molecule has 3 aliphatic carbocycles. The number of fused-ring (bicyclic) bond motifs is 10. The first-order valence-corrected chi connectivity index (χ1v) is 20.3. The van der Waals surface area contributed by atoms with Crippen LogP contribution in [0, 0.1) is 5.41 Å². The van der Waals surface area contributed by atoms with Gasteiger partial charge in [-0.1, -0.05) is 134 Å². The number of benzene rings is 6. The van der Waals surface area contributed by atoms with Gasteiger partial charge in [-0.15, -0.1) is 0 Å². The predicted octanol–water partition coefficient (Wildman–Crippen LogP) is 11.0. The van der Waals surface area contributed by atoms with Gasteiger partial charge in [0.2, 0.25) is 0 Å². The lowest BCUT2D eigenvalue weighted by Gasteiger charge is -2.46. The van der Waals surface area contributed by atoms with Crippen LogP contribution >= 0.6 is 0 Å². The van der Waals surface area contributed by atoms with E-state index < -0.39 is 23.2 Å².